The molecule has 8 aromatic carbocycles. The van der Waals surface area contributed by atoms with Crippen LogP contribution in [0.1, 0.15) is 0 Å². The van der Waals surface area contributed by atoms with E-state index in [1.807, 2.05) is 36.4 Å². The summed E-state index contributed by atoms with van der Waals surface area (Å²) >= 11 is 0. The molecule has 11 aromatic rings. The number of para-hydroxylation sites is 3. The van der Waals surface area contributed by atoms with E-state index in [4.69, 9.17) is 19.4 Å². The minimum Gasteiger partial charge on any atom is -0.456 e. The second-order valence-corrected chi connectivity index (χ2v) is 14.1. The average molecular weight is 717 g/mol. The molecule has 0 fully saturated rings. The van der Waals surface area contributed by atoms with Gasteiger partial charge in [-0.1, -0.05) is 140 Å². The average Bonchev–Trinajstić information content (AvgIpc) is 3.82. The Balaban J connectivity index is 1.04. The number of nitrogens with zero attached hydrogens (tertiary/aromatic N) is 4. The molecule has 0 bridgehead atoms. The number of rotatable bonds is 6. The summed E-state index contributed by atoms with van der Waals surface area (Å²) in [5.74, 6) is 1.79. The normalized spacial score (nSPS) is 11.6. The van der Waals surface area contributed by atoms with Crippen LogP contribution >= 0.6 is 0 Å². The van der Waals surface area contributed by atoms with Crippen molar-refractivity contribution in [3.63, 3.8) is 0 Å². The van der Waals surface area contributed by atoms with Crippen LogP contribution < -0.4 is 0 Å². The number of hydrogen-bond acceptors (Lipinski definition) is 4. The van der Waals surface area contributed by atoms with E-state index >= 15 is 0 Å². The number of aromatic nitrogens is 4. The minimum atomic E-state index is 0.583. The Bertz CT molecular complexity index is 3220. The van der Waals surface area contributed by atoms with E-state index < -0.39 is 0 Å². The third kappa shape index (κ3) is 5.45. The molecule has 5 heteroatoms. The molecular formula is C51H32N4O. The van der Waals surface area contributed by atoms with Crippen LogP contribution in [0, 0.1) is 0 Å². The second kappa shape index (κ2) is 13.0. The van der Waals surface area contributed by atoms with Crippen molar-refractivity contribution in [2.24, 2.45) is 0 Å². The van der Waals surface area contributed by atoms with Gasteiger partial charge in [-0.05, 0) is 76.9 Å². The van der Waals surface area contributed by atoms with Gasteiger partial charge < -0.3 is 8.98 Å². The smallest absolute Gasteiger partial charge is 0.164 e. The SMILES string of the molecule is c1ccc(-c2ccc(-c3ccc(-c4nc(-c5ccc6c(c5)oc5ccccc56)nc(-c5ccc6c(c5)c5ccccc5n6-c5ccccc5)n4)cc3)cc2)cc1. The van der Waals surface area contributed by atoms with Crippen LogP contribution in [0.3, 0.4) is 0 Å². The van der Waals surface area contributed by atoms with Gasteiger partial charge in [0.1, 0.15) is 11.2 Å². The molecule has 3 aromatic heterocycles. The third-order valence-corrected chi connectivity index (χ3v) is 10.7. The Kier molecular flexibility index (Phi) is 7.42. The number of benzene rings is 8. The maximum absolute atomic E-state index is 6.29. The summed E-state index contributed by atoms with van der Waals surface area (Å²) in [6.07, 6.45) is 0. The highest BCUT2D eigenvalue weighted by Crippen LogP contribution is 2.36. The van der Waals surface area contributed by atoms with Gasteiger partial charge in [0.25, 0.3) is 0 Å². The molecule has 0 atom stereocenters. The van der Waals surface area contributed by atoms with E-state index in [1.165, 1.54) is 16.5 Å². The Labute approximate surface area is 322 Å². The lowest BCUT2D eigenvalue weighted by atomic mass is 9.99. The highest BCUT2D eigenvalue weighted by molar-refractivity contribution is 6.10. The largest absolute Gasteiger partial charge is 0.456 e. The first kappa shape index (κ1) is 31.9. The summed E-state index contributed by atoms with van der Waals surface area (Å²) in [4.78, 5) is 15.4. The molecule has 5 nitrogen and oxygen atoms in total. The summed E-state index contributed by atoms with van der Waals surface area (Å²) in [5, 5.41) is 4.46. The molecule has 0 N–H and O–H groups in total. The van der Waals surface area contributed by atoms with Gasteiger partial charge in [0, 0.05) is 43.9 Å². The standard InChI is InChI=1S/C51H32N4O/c1-3-11-33(12-4-1)34-19-21-35(22-20-34)36-23-25-37(26-24-36)49-52-50(54-51(53-49)39-27-29-43-42-16-8-10-18-47(42)56-48(43)32-39)38-28-30-46-44(31-38)41-15-7-9-17-45(41)55(46)40-13-5-2-6-14-40/h1-32H. The van der Waals surface area contributed by atoms with Crippen LogP contribution in [0.2, 0.25) is 0 Å². The number of furan rings is 1. The highest BCUT2D eigenvalue weighted by Gasteiger charge is 2.18. The van der Waals surface area contributed by atoms with Crippen LogP contribution in [-0.4, -0.2) is 19.5 Å². The zero-order valence-corrected chi connectivity index (χ0v) is 30.2. The van der Waals surface area contributed by atoms with Crippen molar-refractivity contribution >= 4 is 43.7 Å². The van der Waals surface area contributed by atoms with Gasteiger partial charge in [-0.25, -0.2) is 15.0 Å². The van der Waals surface area contributed by atoms with Crippen LogP contribution in [0.5, 0.6) is 0 Å². The zero-order valence-electron chi connectivity index (χ0n) is 30.2. The molecule has 3 heterocycles. The fourth-order valence-electron chi connectivity index (χ4n) is 7.89. The van der Waals surface area contributed by atoms with E-state index in [0.29, 0.717) is 17.5 Å². The minimum absolute atomic E-state index is 0.583. The Morgan fingerprint density at radius 3 is 1.46 bits per heavy atom. The van der Waals surface area contributed by atoms with Crippen molar-refractivity contribution in [3.05, 3.63) is 194 Å². The van der Waals surface area contributed by atoms with Crippen molar-refractivity contribution in [2.75, 3.05) is 0 Å². The lowest BCUT2D eigenvalue weighted by Crippen LogP contribution is -2.00. The lowest BCUT2D eigenvalue weighted by Gasteiger charge is -2.10. The van der Waals surface area contributed by atoms with Gasteiger partial charge in [-0.2, -0.15) is 0 Å². The quantitative estimate of drug-likeness (QED) is 0.172. The fraction of sp³-hybridized carbons (Fsp3) is 0. The zero-order chi connectivity index (χ0) is 37.0. The van der Waals surface area contributed by atoms with Crippen LogP contribution in [0.15, 0.2) is 199 Å². The Morgan fingerprint density at radius 1 is 0.304 bits per heavy atom. The third-order valence-electron chi connectivity index (χ3n) is 10.7. The van der Waals surface area contributed by atoms with Crippen LogP contribution in [0.25, 0.3) is 106 Å². The molecule has 0 saturated carbocycles. The molecule has 0 aliphatic carbocycles. The topological polar surface area (TPSA) is 56.7 Å². The van der Waals surface area contributed by atoms with Crippen molar-refractivity contribution in [3.8, 4) is 62.1 Å². The summed E-state index contributed by atoms with van der Waals surface area (Å²) < 4.78 is 8.60. The predicted molar refractivity (Wildman–Crippen MR) is 229 cm³/mol. The van der Waals surface area contributed by atoms with Gasteiger partial charge in [0.05, 0.1) is 11.0 Å². The maximum Gasteiger partial charge on any atom is 0.164 e. The monoisotopic (exact) mass is 716 g/mol. The van der Waals surface area contributed by atoms with Crippen molar-refractivity contribution < 1.29 is 4.42 Å². The van der Waals surface area contributed by atoms with Crippen molar-refractivity contribution in [1.82, 2.24) is 19.5 Å². The molecule has 0 aliphatic heterocycles. The predicted octanol–water partition coefficient (Wildman–Crippen LogP) is 13.2. The van der Waals surface area contributed by atoms with Gasteiger partial charge in [-0.3, -0.25) is 0 Å². The van der Waals surface area contributed by atoms with E-state index in [-0.39, 0.29) is 0 Å². The molecule has 56 heavy (non-hydrogen) atoms. The summed E-state index contributed by atoms with van der Waals surface area (Å²) in [5.41, 5.74) is 12.4. The van der Waals surface area contributed by atoms with E-state index in [0.717, 1.165) is 71.9 Å². The molecule has 0 spiro atoms. The fourth-order valence-corrected chi connectivity index (χ4v) is 7.89. The Morgan fingerprint density at radius 2 is 0.768 bits per heavy atom. The first-order valence-corrected chi connectivity index (χ1v) is 18.8. The Hall–Kier alpha value is -7.63. The summed E-state index contributed by atoms with van der Waals surface area (Å²) in [7, 11) is 0. The van der Waals surface area contributed by atoms with Crippen LogP contribution in [-0.2, 0) is 0 Å². The molecule has 0 unspecified atom stereocenters. The van der Waals surface area contributed by atoms with Gasteiger partial charge in [0.2, 0.25) is 0 Å². The second-order valence-electron chi connectivity index (χ2n) is 14.1. The highest BCUT2D eigenvalue weighted by atomic mass is 16.3. The van der Waals surface area contributed by atoms with Crippen molar-refractivity contribution in [1.29, 1.82) is 0 Å². The van der Waals surface area contributed by atoms with E-state index in [1.54, 1.807) is 0 Å². The summed E-state index contributed by atoms with van der Waals surface area (Å²) in [6.45, 7) is 0. The van der Waals surface area contributed by atoms with E-state index in [9.17, 15) is 0 Å². The van der Waals surface area contributed by atoms with Crippen molar-refractivity contribution in [2.45, 2.75) is 0 Å². The first-order valence-electron chi connectivity index (χ1n) is 18.8. The molecule has 0 aliphatic rings. The first-order chi connectivity index (χ1) is 27.7. The molecule has 0 radical (unpaired) electrons. The number of hydrogen-bond donors (Lipinski definition) is 0. The molecule has 0 amide bonds. The van der Waals surface area contributed by atoms with Gasteiger partial charge in [0.15, 0.2) is 17.5 Å². The molecule has 0 saturated heterocycles. The maximum atomic E-state index is 6.29. The lowest BCUT2D eigenvalue weighted by molar-refractivity contribution is 0.669. The van der Waals surface area contributed by atoms with E-state index in [2.05, 4.69) is 162 Å². The number of fused-ring (bicyclic) bond motifs is 6. The molecular weight excluding hydrogens is 685 g/mol. The molecule has 11 rings (SSSR count). The van der Waals surface area contributed by atoms with Gasteiger partial charge >= 0.3 is 0 Å². The van der Waals surface area contributed by atoms with Crippen LogP contribution in [0.4, 0.5) is 0 Å². The summed E-state index contributed by atoms with van der Waals surface area (Å²) in [6, 6.07) is 67.5. The molecule has 262 valence electrons. The van der Waals surface area contributed by atoms with Gasteiger partial charge in [-0.15, -0.1) is 0 Å².